The maximum absolute atomic E-state index is 13.1. The Hall–Kier alpha value is -2.57. The van der Waals surface area contributed by atoms with Crippen LogP contribution in [0.4, 0.5) is 0 Å². The molecule has 0 radical (unpaired) electrons. The van der Waals surface area contributed by atoms with E-state index in [4.69, 9.17) is 18.9 Å². The Morgan fingerprint density at radius 2 is 1.13 bits per heavy atom. The van der Waals surface area contributed by atoms with Gasteiger partial charge in [0.05, 0.1) is 32.0 Å². The first kappa shape index (κ1) is 55.6. The molecule has 2 rings (SSSR count). The van der Waals surface area contributed by atoms with Gasteiger partial charge >= 0.3 is 0 Å². The van der Waals surface area contributed by atoms with E-state index in [1.165, 1.54) is 12.8 Å². The van der Waals surface area contributed by atoms with Gasteiger partial charge < -0.3 is 65.1 Å². The van der Waals surface area contributed by atoms with Gasteiger partial charge in [0.2, 0.25) is 5.91 Å². The lowest BCUT2D eigenvalue weighted by molar-refractivity contribution is -0.359. The molecule has 0 aromatic heterocycles. The first-order valence-corrected chi connectivity index (χ1v) is 23.2. The predicted octanol–water partition coefficient (Wildman–Crippen LogP) is 4.87. The van der Waals surface area contributed by atoms with Gasteiger partial charge in [0, 0.05) is 6.42 Å². The molecular formula is C48H81NO13. The van der Waals surface area contributed by atoms with Crippen LogP contribution in [0.3, 0.4) is 0 Å². The molecule has 0 spiro atoms. The summed E-state index contributed by atoms with van der Waals surface area (Å²) in [5.41, 5.74) is 0. The molecular weight excluding hydrogens is 799 g/mol. The summed E-state index contributed by atoms with van der Waals surface area (Å²) in [4.78, 5) is 13.1. The Kier molecular flexibility index (Phi) is 31.2. The molecule has 2 heterocycles. The second kappa shape index (κ2) is 34.8. The van der Waals surface area contributed by atoms with Crippen molar-refractivity contribution in [3.05, 3.63) is 72.9 Å². The standard InChI is InChI=1S/C48H81NO13/c1-3-5-7-9-11-13-14-15-16-17-18-19-20-21-22-24-26-28-30-32-40(53)49-36(37(52)31-29-27-25-23-12-10-8-6-4-2)35-59-47-45(58)43(56)46(39(34-51)61-47)62-48-44(57)42(55)41(54)38(33-50)60-48/h5,7,11-13,15-16,18-19,23,29,31,36-39,41-48,50-52,54-58H,3-4,6,8-10,14,17,20-22,24-28,30,32-35H2,1-2H3,(H,49,53)/b7-5-,13-11-,16-15-,19-18-,23-12+,31-29+. The van der Waals surface area contributed by atoms with E-state index in [-0.39, 0.29) is 18.9 Å². The molecule has 2 aliphatic rings. The zero-order valence-electron chi connectivity index (χ0n) is 37.3. The second-order valence-electron chi connectivity index (χ2n) is 16.1. The third-order valence-corrected chi connectivity index (χ3v) is 10.9. The third-order valence-electron chi connectivity index (χ3n) is 10.9. The minimum Gasteiger partial charge on any atom is -0.394 e. The lowest BCUT2D eigenvalue weighted by atomic mass is 9.97. The van der Waals surface area contributed by atoms with Gasteiger partial charge in [-0.1, -0.05) is 125 Å². The number of hydrogen-bond acceptors (Lipinski definition) is 13. The number of rotatable bonds is 33. The highest BCUT2D eigenvalue weighted by Gasteiger charge is 2.50. The van der Waals surface area contributed by atoms with Crippen molar-refractivity contribution < 1.29 is 64.6 Å². The number of aliphatic hydroxyl groups excluding tert-OH is 8. The fourth-order valence-corrected chi connectivity index (χ4v) is 7.06. The maximum atomic E-state index is 13.1. The molecule has 14 heteroatoms. The molecule has 0 aromatic carbocycles. The van der Waals surface area contributed by atoms with Gasteiger partial charge in [0.25, 0.3) is 0 Å². The number of allylic oxidation sites excluding steroid dienone is 11. The molecule has 0 aliphatic carbocycles. The molecule has 356 valence electrons. The van der Waals surface area contributed by atoms with Crippen molar-refractivity contribution in [2.24, 2.45) is 0 Å². The second-order valence-corrected chi connectivity index (χ2v) is 16.1. The zero-order valence-corrected chi connectivity index (χ0v) is 37.3. The maximum Gasteiger partial charge on any atom is 0.220 e. The van der Waals surface area contributed by atoms with E-state index in [0.717, 1.165) is 83.5 Å². The summed E-state index contributed by atoms with van der Waals surface area (Å²) in [6.45, 7) is 2.55. The van der Waals surface area contributed by atoms with Crippen LogP contribution in [0.1, 0.15) is 129 Å². The van der Waals surface area contributed by atoms with E-state index in [0.29, 0.717) is 12.8 Å². The third kappa shape index (κ3) is 22.4. The molecule has 0 aromatic rings. The molecule has 12 atom stereocenters. The number of nitrogens with one attached hydrogen (secondary N) is 1. The van der Waals surface area contributed by atoms with Crippen LogP contribution in [-0.4, -0.2) is 140 Å². The fraction of sp³-hybridized carbons (Fsp3) is 0.729. The van der Waals surface area contributed by atoms with Gasteiger partial charge in [0.15, 0.2) is 12.6 Å². The Labute approximate surface area is 370 Å². The first-order chi connectivity index (χ1) is 30.1. The van der Waals surface area contributed by atoms with Crippen LogP contribution in [0.15, 0.2) is 72.9 Å². The highest BCUT2D eigenvalue weighted by molar-refractivity contribution is 5.76. The lowest BCUT2D eigenvalue weighted by Gasteiger charge is -2.46. The molecule has 2 fully saturated rings. The smallest absolute Gasteiger partial charge is 0.220 e. The van der Waals surface area contributed by atoms with E-state index in [2.05, 4.69) is 79.9 Å². The predicted molar refractivity (Wildman–Crippen MR) is 240 cm³/mol. The molecule has 9 N–H and O–H groups in total. The average Bonchev–Trinajstić information content (AvgIpc) is 3.27. The molecule has 1 amide bonds. The molecule has 14 nitrogen and oxygen atoms in total. The van der Waals surface area contributed by atoms with Crippen molar-refractivity contribution in [1.82, 2.24) is 5.32 Å². The molecule has 12 unspecified atom stereocenters. The van der Waals surface area contributed by atoms with E-state index in [9.17, 15) is 45.6 Å². The van der Waals surface area contributed by atoms with Crippen molar-refractivity contribution in [2.75, 3.05) is 19.8 Å². The first-order valence-electron chi connectivity index (χ1n) is 23.2. The van der Waals surface area contributed by atoms with E-state index in [1.807, 2.05) is 6.08 Å². The van der Waals surface area contributed by atoms with Gasteiger partial charge in [-0.25, -0.2) is 0 Å². The minimum atomic E-state index is -1.79. The Morgan fingerprint density at radius 3 is 1.77 bits per heavy atom. The number of hydrogen-bond donors (Lipinski definition) is 9. The average molecular weight is 880 g/mol. The van der Waals surface area contributed by atoms with Crippen molar-refractivity contribution in [3.8, 4) is 0 Å². The van der Waals surface area contributed by atoms with Crippen molar-refractivity contribution >= 4 is 5.91 Å². The number of ether oxygens (including phenoxy) is 4. The Bertz CT molecular complexity index is 1320. The molecule has 2 aliphatic heterocycles. The fourth-order valence-electron chi connectivity index (χ4n) is 7.06. The van der Waals surface area contributed by atoms with Crippen molar-refractivity contribution in [2.45, 2.75) is 203 Å². The summed E-state index contributed by atoms with van der Waals surface area (Å²) in [5, 5.41) is 86.3. The summed E-state index contributed by atoms with van der Waals surface area (Å²) < 4.78 is 22.6. The van der Waals surface area contributed by atoms with Crippen LogP contribution >= 0.6 is 0 Å². The minimum absolute atomic E-state index is 0.253. The Morgan fingerprint density at radius 1 is 0.597 bits per heavy atom. The largest absolute Gasteiger partial charge is 0.394 e. The molecule has 0 bridgehead atoms. The van der Waals surface area contributed by atoms with Crippen LogP contribution in [-0.2, 0) is 23.7 Å². The van der Waals surface area contributed by atoms with E-state index < -0.39 is 86.8 Å². The van der Waals surface area contributed by atoms with Crippen molar-refractivity contribution in [1.29, 1.82) is 0 Å². The molecule has 0 saturated carbocycles. The van der Waals surface area contributed by atoms with Crippen LogP contribution in [0.5, 0.6) is 0 Å². The van der Waals surface area contributed by atoms with Gasteiger partial charge in [-0.3, -0.25) is 4.79 Å². The lowest BCUT2D eigenvalue weighted by Crippen LogP contribution is -2.65. The Balaban J connectivity index is 1.86. The summed E-state index contributed by atoms with van der Waals surface area (Å²) in [5.74, 6) is -0.272. The number of aliphatic hydroxyl groups is 8. The summed E-state index contributed by atoms with van der Waals surface area (Å²) in [6.07, 6.45) is 25.3. The quantitative estimate of drug-likeness (QED) is 0.0317. The highest BCUT2D eigenvalue weighted by atomic mass is 16.7. The highest BCUT2D eigenvalue weighted by Crippen LogP contribution is 2.30. The molecule has 62 heavy (non-hydrogen) atoms. The number of amides is 1. The van der Waals surface area contributed by atoms with Gasteiger partial charge in [-0.05, 0) is 70.6 Å². The van der Waals surface area contributed by atoms with E-state index in [1.54, 1.807) is 6.08 Å². The number of unbranched alkanes of at least 4 members (excludes halogenated alkanes) is 10. The summed E-state index contributed by atoms with van der Waals surface area (Å²) in [6, 6.07) is -0.940. The SMILES string of the molecule is CC/C=C\C/C=C\C/C=C\C/C=C\CCCCCCCCC(=O)NC(COC1OC(CO)C(OC2OC(CO)C(O)C(O)C2O)C(O)C1O)C(O)/C=C/CC/C=C/CCCCC. The summed E-state index contributed by atoms with van der Waals surface area (Å²) in [7, 11) is 0. The van der Waals surface area contributed by atoms with Gasteiger partial charge in [-0.2, -0.15) is 0 Å². The normalized spacial score (nSPS) is 28.4. The zero-order chi connectivity index (χ0) is 45.4. The number of carbonyl (C=O) groups excluding carboxylic acids is 1. The van der Waals surface area contributed by atoms with Crippen LogP contribution in [0.25, 0.3) is 0 Å². The van der Waals surface area contributed by atoms with Crippen LogP contribution < -0.4 is 5.32 Å². The van der Waals surface area contributed by atoms with Crippen LogP contribution in [0.2, 0.25) is 0 Å². The summed E-state index contributed by atoms with van der Waals surface area (Å²) >= 11 is 0. The van der Waals surface area contributed by atoms with Gasteiger partial charge in [0.1, 0.15) is 48.8 Å². The number of carbonyl (C=O) groups is 1. The van der Waals surface area contributed by atoms with Gasteiger partial charge in [-0.15, -0.1) is 0 Å². The van der Waals surface area contributed by atoms with Crippen molar-refractivity contribution in [3.63, 3.8) is 0 Å². The topological polar surface area (TPSA) is 228 Å². The monoisotopic (exact) mass is 880 g/mol. The molecule has 2 saturated heterocycles. The van der Waals surface area contributed by atoms with Crippen LogP contribution in [0, 0.1) is 0 Å². The van der Waals surface area contributed by atoms with E-state index >= 15 is 0 Å².